The number of rotatable bonds is 9. The largest absolute Gasteiger partial charge is 0.493 e. The summed E-state index contributed by atoms with van der Waals surface area (Å²) in [7, 11) is 4.65. The van der Waals surface area contributed by atoms with Crippen molar-refractivity contribution in [3.05, 3.63) is 63.8 Å². The van der Waals surface area contributed by atoms with E-state index in [1.54, 1.807) is 38.5 Å². The van der Waals surface area contributed by atoms with Gasteiger partial charge in [-0.3, -0.25) is 14.4 Å². The first-order valence-corrected chi connectivity index (χ1v) is 14.9. The minimum atomic E-state index is -0.745. The molecule has 0 unspecified atom stereocenters. The molecule has 2 aliphatic rings. The third-order valence-corrected chi connectivity index (χ3v) is 7.99. The summed E-state index contributed by atoms with van der Waals surface area (Å²) in [6.07, 6.45) is 1.13. The number of hydrogen-bond acceptors (Lipinski definition) is 9. The summed E-state index contributed by atoms with van der Waals surface area (Å²) in [5, 5.41) is 9.14. The smallest absolute Gasteiger partial charge is 0.247 e. The molecule has 3 N–H and O–H groups in total. The molecular formula is C34H39N3O8. The fourth-order valence-electron chi connectivity index (χ4n) is 5.87. The monoisotopic (exact) mass is 617 g/mol. The van der Waals surface area contributed by atoms with Crippen molar-refractivity contribution in [1.82, 2.24) is 5.32 Å². The highest BCUT2D eigenvalue weighted by Gasteiger charge is 2.30. The van der Waals surface area contributed by atoms with Crippen molar-refractivity contribution in [1.29, 1.82) is 0 Å². The molecule has 3 aromatic carbocycles. The number of aryl methyl sites for hydroxylation is 1. The zero-order valence-corrected chi connectivity index (χ0v) is 26.4. The highest BCUT2D eigenvalue weighted by Crippen LogP contribution is 2.50. The van der Waals surface area contributed by atoms with Crippen molar-refractivity contribution >= 4 is 23.2 Å². The number of benzene rings is 2. The molecule has 1 aliphatic carbocycles. The van der Waals surface area contributed by atoms with Crippen molar-refractivity contribution in [3.63, 3.8) is 0 Å². The topological polar surface area (TPSA) is 133 Å². The van der Waals surface area contributed by atoms with Crippen LogP contribution in [-0.4, -0.2) is 52.4 Å². The number of carbonyl (C=O) groups excluding carboxylic acids is 2. The van der Waals surface area contributed by atoms with Crippen LogP contribution < -0.4 is 45.1 Å². The quantitative estimate of drug-likeness (QED) is 0.312. The highest BCUT2D eigenvalue weighted by atomic mass is 16.6. The van der Waals surface area contributed by atoms with E-state index in [-0.39, 0.29) is 28.8 Å². The minimum absolute atomic E-state index is 0.172. The van der Waals surface area contributed by atoms with Crippen molar-refractivity contribution in [3.8, 4) is 39.9 Å². The Bertz CT molecular complexity index is 1670. The number of amides is 2. The second-order valence-electron chi connectivity index (χ2n) is 11.3. The van der Waals surface area contributed by atoms with Crippen LogP contribution in [0.3, 0.4) is 0 Å². The van der Waals surface area contributed by atoms with Crippen LogP contribution in [0.15, 0.2) is 47.3 Å². The summed E-state index contributed by atoms with van der Waals surface area (Å²) >= 11 is 0. The van der Waals surface area contributed by atoms with Crippen LogP contribution in [-0.2, 0) is 16.0 Å². The number of hydrogen-bond donors (Lipinski definition) is 3. The van der Waals surface area contributed by atoms with Crippen LogP contribution in [0, 0.1) is 5.92 Å². The molecule has 0 bridgehead atoms. The molecular weight excluding hydrogens is 578 g/mol. The molecule has 0 aromatic heterocycles. The van der Waals surface area contributed by atoms with E-state index >= 15 is 0 Å². The lowest BCUT2D eigenvalue weighted by molar-refractivity contribution is -0.120. The molecule has 238 valence electrons. The van der Waals surface area contributed by atoms with Gasteiger partial charge in [0.05, 0.1) is 33.1 Å². The summed E-state index contributed by atoms with van der Waals surface area (Å²) in [5.41, 5.74) is 3.46. The van der Waals surface area contributed by atoms with Gasteiger partial charge in [0.1, 0.15) is 19.3 Å². The van der Waals surface area contributed by atoms with E-state index in [1.807, 2.05) is 26.0 Å². The average molecular weight is 618 g/mol. The van der Waals surface area contributed by atoms with Gasteiger partial charge in [-0.2, -0.15) is 0 Å². The average Bonchev–Trinajstić information content (AvgIpc) is 3.26. The molecule has 1 heterocycles. The predicted molar refractivity (Wildman–Crippen MR) is 171 cm³/mol. The van der Waals surface area contributed by atoms with Gasteiger partial charge in [0.25, 0.3) is 0 Å². The first-order chi connectivity index (χ1) is 21.6. The number of nitrogens with one attached hydrogen (secondary N) is 3. The van der Waals surface area contributed by atoms with Gasteiger partial charge in [0.2, 0.25) is 23.0 Å². The molecule has 3 aromatic rings. The Morgan fingerprint density at radius 3 is 2.31 bits per heavy atom. The standard InChI is InChI=1S/C34H39N3O8/c1-18(2)31(34(40)36-21-8-12-27-28(16-21)45-14-13-44-27)37-25-11-9-22-23(17-26(25)39)24(35-19(3)38)10-7-20-15-29(41-4)32(42-5)33(43-6)30(20)22/h8-9,11-12,15-18,24,31H,7,10,13-14H2,1-6H3,(H,35,38)(H,36,40)(H,37,39)/t24-,31-/m0/s1. The third-order valence-electron chi connectivity index (χ3n) is 7.99. The first kappa shape index (κ1) is 31.5. The third kappa shape index (κ3) is 6.47. The van der Waals surface area contributed by atoms with Crippen molar-refractivity contribution in [2.24, 2.45) is 5.92 Å². The van der Waals surface area contributed by atoms with Gasteiger partial charge in [-0.15, -0.1) is 0 Å². The lowest BCUT2D eigenvalue weighted by Crippen LogP contribution is -2.40. The van der Waals surface area contributed by atoms with Gasteiger partial charge >= 0.3 is 0 Å². The highest BCUT2D eigenvalue weighted by molar-refractivity contribution is 5.97. The lowest BCUT2D eigenvalue weighted by Gasteiger charge is -2.23. The van der Waals surface area contributed by atoms with E-state index in [1.165, 1.54) is 20.1 Å². The van der Waals surface area contributed by atoms with Crippen molar-refractivity contribution in [2.45, 2.75) is 45.7 Å². The Hall–Kier alpha value is -4.93. The Morgan fingerprint density at radius 2 is 1.64 bits per heavy atom. The Kier molecular flexibility index (Phi) is 9.36. The molecule has 1 aliphatic heterocycles. The van der Waals surface area contributed by atoms with Gasteiger partial charge in [-0.05, 0) is 65.8 Å². The molecule has 45 heavy (non-hydrogen) atoms. The molecule has 0 saturated heterocycles. The van der Waals surface area contributed by atoms with Gasteiger partial charge in [0, 0.05) is 24.2 Å². The molecule has 0 fully saturated rings. The SMILES string of the molecule is COc1cc2c(c(OC)c1OC)-c1ccc(N[C@H](C(=O)Nc3ccc4c(c3)OCCO4)C(C)C)c(=O)cc1[C@@H](NC(C)=O)CC2. The van der Waals surface area contributed by atoms with Crippen LogP contribution in [0.4, 0.5) is 11.4 Å². The van der Waals surface area contributed by atoms with Gasteiger partial charge < -0.3 is 39.6 Å². The zero-order valence-electron chi connectivity index (χ0n) is 26.4. The maximum Gasteiger partial charge on any atom is 0.247 e. The first-order valence-electron chi connectivity index (χ1n) is 14.9. The van der Waals surface area contributed by atoms with E-state index in [4.69, 9.17) is 23.7 Å². The number of fused-ring (bicyclic) bond motifs is 4. The molecule has 0 spiro atoms. The second kappa shape index (κ2) is 13.4. The molecule has 0 radical (unpaired) electrons. The van der Waals surface area contributed by atoms with Crippen LogP contribution in [0.1, 0.15) is 44.4 Å². The van der Waals surface area contributed by atoms with Crippen molar-refractivity contribution < 1.29 is 33.3 Å². The normalized spacial score (nSPS) is 15.5. The van der Waals surface area contributed by atoms with E-state index in [2.05, 4.69) is 16.0 Å². The summed E-state index contributed by atoms with van der Waals surface area (Å²) < 4.78 is 28.4. The van der Waals surface area contributed by atoms with E-state index in [0.29, 0.717) is 71.6 Å². The Morgan fingerprint density at radius 1 is 0.911 bits per heavy atom. The summed E-state index contributed by atoms with van der Waals surface area (Å²) in [4.78, 5) is 39.6. The molecule has 5 rings (SSSR count). The number of carbonyl (C=O) groups is 2. The van der Waals surface area contributed by atoms with E-state index < -0.39 is 12.1 Å². The Balaban J connectivity index is 1.56. The molecule has 2 atom stereocenters. The van der Waals surface area contributed by atoms with E-state index in [9.17, 15) is 14.4 Å². The van der Waals surface area contributed by atoms with Crippen LogP contribution >= 0.6 is 0 Å². The molecule has 0 saturated carbocycles. The summed E-state index contributed by atoms with van der Waals surface area (Å²) in [6.45, 7) is 6.15. The predicted octanol–water partition coefficient (Wildman–Crippen LogP) is 4.71. The maximum atomic E-state index is 13.8. The van der Waals surface area contributed by atoms with Gasteiger partial charge in [0.15, 0.2) is 23.0 Å². The fourth-order valence-corrected chi connectivity index (χ4v) is 5.87. The molecule has 11 nitrogen and oxygen atoms in total. The Labute approximate surface area is 262 Å². The minimum Gasteiger partial charge on any atom is -0.493 e. The molecule has 2 amide bonds. The second-order valence-corrected chi connectivity index (χ2v) is 11.3. The van der Waals surface area contributed by atoms with E-state index in [0.717, 1.165) is 11.1 Å². The molecule has 11 heteroatoms. The summed E-state index contributed by atoms with van der Waals surface area (Å²) in [5.74, 6) is 1.89. The van der Waals surface area contributed by atoms with Gasteiger partial charge in [-0.25, -0.2) is 0 Å². The number of methoxy groups -OCH3 is 3. The maximum absolute atomic E-state index is 13.8. The zero-order chi connectivity index (χ0) is 32.2. The lowest BCUT2D eigenvalue weighted by atomic mass is 9.95. The number of ether oxygens (including phenoxy) is 5. The number of anilines is 2. The van der Waals surface area contributed by atoms with Crippen LogP contribution in [0.5, 0.6) is 28.7 Å². The van der Waals surface area contributed by atoms with Crippen LogP contribution in [0.25, 0.3) is 11.1 Å². The van der Waals surface area contributed by atoms with Crippen LogP contribution in [0.2, 0.25) is 0 Å². The fraction of sp³-hybridized carbons (Fsp3) is 0.382. The summed E-state index contributed by atoms with van der Waals surface area (Å²) in [6, 6.07) is 11.0. The van der Waals surface area contributed by atoms with Crippen molar-refractivity contribution in [2.75, 3.05) is 45.2 Å². The van der Waals surface area contributed by atoms with Gasteiger partial charge in [-0.1, -0.05) is 19.9 Å².